The van der Waals surface area contributed by atoms with Gasteiger partial charge in [-0.15, -0.1) is 11.3 Å². The summed E-state index contributed by atoms with van der Waals surface area (Å²) < 4.78 is 69.4. The molecule has 0 saturated heterocycles. The van der Waals surface area contributed by atoms with Crippen LogP contribution in [-0.4, -0.2) is 14.2 Å². The molecule has 2 heterocycles. The third-order valence-electron chi connectivity index (χ3n) is 3.73. The van der Waals surface area contributed by atoms with Crippen molar-refractivity contribution >= 4 is 27.1 Å². The van der Waals surface area contributed by atoms with Gasteiger partial charge >= 0.3 is 6.18 Å². The number of sulfonamides is 1. The Hall–Kier alpha value is -2.43. The lowest BCUT2D eigenvalue weighted by molar-refractivity contribution is -0.137. The van der Waals surface area contributed by atoms with Crippen LogP contribution in [0, 0.1) is 0 Å². The van der Waals surface area contributed by atoms with Gasteiger partial charge in [-0.3, -0.25) is 4.79 Å². The van der Waals surface area contributed by atoms with Gasteiger partial charge in [-0.25, -0.2) is 13.1 Å². The van der Waals surface area contributed by atoms with Crippen LogP contribution in [0.3, 0.4) is 0 Å². The first-order chi connectivity index (χ1) is 13.1. The molecule has 0 atom stereocenters. The molecule has 0 spiro atoms. The maximum Gasteiger partial charge on any atom is 0.416 e. The molecule has 0 amide bonds. The molecule has 10 heteroatoms. The molecule has 0 fully saturated rings. The molecule has 28 heavy (non-hydrogen) atoms. The minimum Gasteiger partial charge on any atom is -0.461 e. The fraction of sp³-hybridized carbons (Fsp3) is 0.167. The number of hydrogen-bond donors (Lipinski definition) is 1. The zero-order valence-corrected chi connectivity index (χ0v) is 15.8. The number of halogens is 3. The van der Waals surface area contributed by atoms with Crippen LogP contribution in [0.15, 0.2) is 59.2 Å². The Morgan fingerprint density at radius 2 is 1.79 bits per heavy atom. The lowest BCUT2D eigenvalue weighted by Crippen LogP contribution is -2.24. The minimum absolute atomic E-state index is 0.0287. The molecule has 3 aromatic rings. The molecule has 0 radical (unpaired) electrons. The van der Waals surface area contributed by atoms with E-state index >= 15 is 0 Å². The number of furan rings is 1. The van der Waals surface area contributed by atoms with E-state index in [1.54, 1.807) is 18.2 Å². The zero-order valence-electron chi connectivity index (χ0n) is 14.2. The highest BCUT2D eigenvalue weighted by Crippen LogP contribution is 2.29. The van der Waals surface area contributed by atoms with Gasteiger partial charge in [0.25, 0.3) is 0 Å². The van der Waals surface area contributed by atoms with Gasteiger partial charge in [0.2, 0.25) is 15.8 Å². The number of nitrogens with one attached hydrogen (secondary N) is 1. The Bertz CT molecular complexity index is 1050. The van der Waals surface area contributed by atoms with Crippen LogP contribution in [-0.2, 0) is 28.5 Å². The number of benzene rings is 1. The largest absolute Gasteiger partial charge is 0.461 e. The van der Waals surface area contributed by atoms with Gasteiger partial charge in [-0.2, -0.15) is 13.2 Å². The summed E-state index contributed by atoms with van der Waals surface area (Å²) in [4.78, 5) is 13.2. The number of hydrogen-bond acceptors (Lipinski definition) is 5. The summed E-state index contributed by atoms with van der Waals surface area (Å²) >= 11 is 1.13. The lowest BCUT2D eigenvalue weighted by atomic mass is 10.1. The van der Waals surface area contributed by atoms with Crippen LogP contribution in [0.2, 0.25) is 0 Å². The van der Waals surface area contributed by atoms with Crippen LogP contribution >= 0.6 is 11.3 Å². The van der Waals surface area contributed by atoms with Crippen LogP contribution in [0.5, 0.6) is 0 Å². The standard InChI is InChI=1S/C18H14F3NO4S2/c19-18(20,21)13-5-3-12(4-6-13)11-28(24,25)22-10-14-7-8-16(27-14)17(23)15-2-1-9-26-15/h1-9,22H,10-11H2. The van der Waals surface area contributed by atoms with Gasteiger partial charge in [-0.1, -0.05) is 12.1 Å². The normalized spacial score (nSPS) is 12.2. The van der Waals surface area contributed by atoms with Gasteiger partial charge in [0.15, 0.2) is 5.76 Å². The van der Waals surface area contributed by atoms with Crippen LogP contribution in [0.25, 0.3) is 0 Å². The highest BCUT2D eigenvalue weighted by molar-refractivity contribution is 7.88. The average molecular weight is 429 g/mol. The summed E-state index contributed by atoms with van der Waals surface area (Å²) in [7, 11) is -3.76. The van der Waals surface area contributed by atoms with E-state index < -0.39 is 27.5 Å². The number of carbonyl (C=O) groups excluding carboxylic acids is 1. The number of carbonyl (C=O) groups is 1. The summed E-state index contributed by atoms with van der Waals surface area (Å²) in [6.07, 6.45) is -3.09. The molecule has 0 saturated carbocycles. The van der Waals surface area contributed by atoms with E-state index in [4.69, 9.17) is 4.42 Å². The predicted molar refractivity (Wildman–Crippen MR) is 97.4 cm³/mol. The van der Waals surface area contributed by atoms with Crippen molar-refractivity contribution in [3.05, 3.63) is 81.4 Å². The van der Waals surface area contributed by atoms with Crippen molar-refractivity contribution in [1.82, 2.24) is 4.72 Å². The first-order valence-electron chi connectivity index (χ1n) is 7.94. The molecule has 5 nitrogen and oxygen atoms in total. The van der Waals surface area contributed by atoms with Crippen LogP contribution in [0.4, 0.5) is 13.2 Å². The summed E-state index contributed by atoms with van der Waals surface area (Å²) in [5.41, 5.74) is -0.602. The maximum absolute atomic E-state index is 12.6. The Morgan fingerprint density at radius 3 is 2.39 bits per heavy atom. The predicted octanol–water partition coefficient (Wildman–Crippen LogP) is 4.21. The Morgan fingerprint density at radius 1 is 1.07 bits per heavy atom. The van der Waals surface area contributed by atoms with Crippen LogP contribution < -0.4 is 4.72 Å². The van der Waals surface area contributed by atoms with Crippen molar-refractivity contribution in [2.45, 2.75) is 18.5 Å². The minimum atomic E-state index is -4.47. The molecule has 0 aliphatic rings. The second-order valence-corrected chi connectivity index (χ2v) is 8.82. The Balaban J connectivity index is 1.60. The molecule has 148 valence electrons. The summed E-state index contributed by atoms with van der Waals surface area (Å²) in [5, 5.41) is 0. The maximum atomic E-state index is 12.6. The number of thiophene rings is 1. The van der Waals surface area contributed by atoms with E-state index in [1.807, 2.05) is 0 Å². The molecule has 2 aromatic heterocycles. The highest BCUT2D eigenvalue weighted by Gasteiger charge is 2.30. The van der Waals surface area contributed by atoms with Crippen molar-refractivity contribution in [1.29, 1.82) is 0 Å². The SMILES string of the molecule is O=C(c1ccco1)c1ccc(CNS(=O)(=O)Cc2ccc(C(F)(F)F)cc2)s1. The highest BCUT2D eigenvalue weighted by atomic mass is 32.2. The third kappa shape index (κ3) is 5.09. The molecule has 1 aromatic carbocycles. The van der Waals surface area contributed by atoms with E-state index in [0.717, 1.165) is 35.6 Å². The molecule has 0 aliphatic heterocycles. The second kappa shape index (κ2) is 7.90. The van der Waals surface area contributed by atoms with Crippen molar-refractivity contribution < 1.29 is 30.8 Å². The van der Waals surface area contributed by atoms with Crippen molar-refractivity contribution in [2.75, 3.05) is 0 Å². The topological polar surface area (TPSA) is 76.4 Å². The average Bonchev–Trinajstić information content (AvgIpc) is 3.31. The summed E-state index contributed by atoms with van der Waals surface area (Å²) in [5.74, 6) is -0.556. The first-order valence-corrected chi connectivity index (χ1v) is 10.4. The van der Waals surface area contributed by atoms with Crippen molar-refractivity contribution in [2.24, 2.45) is 0 Å². The van der Waals surface area contributed by atoms with E-state index in [-0.39, 0.29) is 23.7 Å². The van der Waals surface area contributed by atoms with Gasteiger partial charge in [0.05, 0.1) is 22.5 Å². The van der Waals surface area contributed by atoms with Crippen LogP contribution in [0.1, 0.15) is 31.4 Å². The Kier molecular flexibility index (Phi) is 5.73. The third-order valence-corrected chi connectivity index (χ3v) is 6.12. The number of alkyl halides is 3. The van der Waals surface area contributed by atoms with E-state index in [9.17, 15) is 26.4 Å². The molecule has 0 bridgehead atoms. The molecular formula is C18H14F3NO4S2. The molecule has 0 aliphatic carbocycles. The first kappa shape index (κ1) is 20.3. The lowest BCUT2D eigenvalue weighted by Gasteiger charge is -2.08. The van der Waals surface area contributed by atoms with Gasteiger partial charge in [0.1, 0.15) is 0 Å². The van der Waals surface area contributed by atoms with E-state index in [2.05, 4.69) is 4.72 Å². The van der Waals surface area contributed by atoms with Gasteiger partial charge < -0.3 is 4.42 Å². The quantitative estimate of drug-likeness (QED) is 0.571. The molecule has 3 rings (SSSR count). The number of ketones is 1. The Labute approximate surface area is 162 Å². The molecule has 1 N–H and O–H groups in total. The van der Waals surface area contributed by atoms with E-state index in [1.165, 1.54) is 12.3 Å². The van der Waals surface area contributed by atoms with Crippen molar-refractivity contribution in [3.8, 4) is 0 Å². The molecular weight excluding hydrogens is 415 g/mol. The van der Waals surface area contributed by atoms with Gasteiger partial charge in [-0.05, 0) is 42.0 Å². The molecule has 0 unspecified atom stereocenters. The second-order valence-electron chi connectivity index (χ2n) is 5.85. The summed E-state index contributed by atoms with van der Waals surface area (Å²) in [6.45, 7) is -0.0287. The fourth-order valence-corrected chi connectivity index (χ4v) is 4.46. The zero-order chi connectivity index (χ0) is 20.4. The number of rotatable bonds is 7. The monoisotopic (exact) mass is 429 g/mol. The smallest absolute Gasteiger partial charge is 0.416 e. The fourth-order valence-electron chi connectivity index (χ4n) is 2.37. The van der Waals surface area contributed by atoms with Crippen molar-refractivity contribution in [3.63, 3.8) is 0 Å². The summed E-state index contributed by atoms with van der Waals surface area (Å²) in [6, 6.07) is 10.3. The van der Waals surface area contributed by atoms with E-state index in [0.29, 0.717) is 9.75 Å². The van der Waals surface area contributed by atoms with Gasteiger partial charge in [0, 0.05) is 11.4 Å².